The molecular formula is C16H29N3O. The lowest BCUT2D eigenvalue weighted by Gasteiger charge is -2.30. The first-order valence-corrected chi connectivity index (χ1v) is 8.08. The Morgan fingerprint density at radius 1 is 1.40 bits per heavy atom. The Hall–Kier alpha value is -1.03. The van der Waals surface area contributed by atoms with Crippen molar-refractivity contribution in [2.24, 2.45) is 5.92 Å². The third-order valence-corrected chi connectivity index (χ3v) is 4.21. The second kappa shape index (κ2) is 7.67. The molecule has 0 bridgehead atoms. The summed E-state index contributed by atoms with van der Waals surface area (Å²) in [7, 11) is 0. The first kappa shape index (κ1) is 15.4. The summed E-state index contributed by atoms with van der Waals surface area (Å²) in [4.78, 5) is 4.65. The summed E-state index contributed by atoms with van der Waals surface area (Å²) in [5, 5.41) is 3.67. The van der Waals surface area contributed by atoms with Crippen molar-refractivity contribution >= 4 is 5.95 Å². The molecule has 0 radical (unpaired) electrons. The molecule has 0 aromatic carbocycles. The minimum Gasteiger partial charge on any atom is -0.382 e. The van der Waals surface area contributed by atoms with Crippen LogP contribution < -0.4 is 5.32 Å². The minimum atomic E-state index is 0.580. The number of hydrogen-bond donors (Lipinski definition) is 1. The van der Waals surface area contributed by atoms with E-state index in [2.05, 4.69) is 34.9 Å². The normalized spacial score (nSPS) is 22.9. The van der Waals surface area contributed by atoms with Gasteiger partial charge in [0.1, 0.15) is 0 Å². The highest BCUT2D eigenvalue weighted by Crippen LogP contribution is 2.26. The number of aryl methyl sites for hydroxylation is 2. The van der Waals surface area contributed by atoms with Crippen molar-refractivity contribution in [3.05, 3.63) is 11.9 Å². The van der Waals surface area contributed by atoms with Gasteiger partial charge in [0.2, 0.25) is 5.95 Å². The molecule has 4 heteroatoms. The number of imidazole rings is 1. The summed E-state index contributed by atoms with van der Waals surface area (Å²) in [5.41, 5.74) is 1.09. The third-order valence-electron chi connectivity index (χ3n) is 4.21. The molecule has 0 saturated heterocycles. The Bertz CT molecular complexity index is 402. The van der Waals surface area contributed by atoms with E-state index < -0.39 is 0 Å². The molecule has 2 atom stereocenters. The molecule has 1 aromatic rings. The SMILES string of the molecule is CCOCCCn1cc(C)nc1NC1CCCCC1C. The van der Waals surface area contributed by atoms with Crippen LogP contribution in [0.1, 0.15) is 51.6 Å². The van der Waals surface area contributed by atoms with Crippen molar-refractivity contribution < 1.29 is 4.74 Å². The van der Waals surface area contributed by atoms with Crippen molar-refractivity contribution in [2.45, 2.75) is 65.5 Å². The zero-order valence-electron chi connectivity index (χ0n) is 13.2. The Labute approximate surface area is 122 Å². The topological polar surface area (TPSA) is 39.1 Å². The number of aromatic nitrogens is 2. The van der Waals surface area contributed by atoms with Gasteiger partial charge in [-0.2, -0.15) is 0 Å². The molecule has 1 fully saturated rings. The molecule has 2 unspecified atom stereocenters. The fourth-order valence-corrected chi connectivity index (χ4v) is 3.01. The van der Waals surface area contributed by atoms with Crippen LogP contribution >= 0.6 is 0 Å². The van der Waals surface area contributed by atoms with Crippen molar-refractivity contribution in [3.63, 3.8) is 0 Å². The van der Waals surface area contributed by atoms with Crippen LogP contribution in [0.5, 0.6) is 0 Å². The van der Waals surface area contributed by atoms with Crippen LogP contribution in [0.2, 0.25) is 0 Å². The van der Waals surface area contributed by atoms with Gasteiger partial charge < -0.3 is 14.6 Å². The number of nitrogens with one attached hydrogen (secondary N) is 1. The molecule has 1 saturated carbocycles. The van der Waals surface area contributed by atoms with E-state index >= 15 is 0 Å². The average Bonchev–Trinajstić information content (AvgIpc) is 2.78. The van der Waals surface area contributed by atoms with Crippen LogP contribution in [0, 0.1) is 12.8 Å². The molecule has 1 heterocycles. The molecule has 1 aliphatic rings. The Morgan fingerprint density at radius 3 is 2.95 bits per heavy atom. The second-order valence-electron chi connectivity index (χ2n) is 5.96. The maximum Gasteiger partial charge on any atom is 0.203 e. The summed E-state index contributed by atoms with van der Waals surface area (Å²) in [6.45, 7) is 9.06. The summed E-state index contributed by atoms with van der Waals surface area (Å²) in [6.07, 6.45) is 8.50. The van der Waals surface area contributed by atoms with Gasteiger partial charge in [0.15, 0.2) is 0 Å². The summed E-state index contributed by atoms with van der Waals surface area (Å²) in [6, 6.07) is 0.580. The maximum absolute atomic E-state index is 5.41. The first-order chi connectivity index (χ1) is 9.70. The molecule has 1 aromatic heterocycles. The number of hydrogen-bond acceptors (Lipinski definition) is 3. The van der Waals surface area contributed by atoms with Crippen LogP contribution in [0.15, 0.2) is 6.20 Å². The molecule has 1 aliphatic carbocycles. The number of rotatable bonds is 7. The van der Waals surface area contributed by atoms with Crippen molar-refractivity contribution in [3.8, 4) is 0 Å². The first-order valence-electron chi connectivity index (χ1n) is 8.08. The van der Waals surface area contributed by atoms with Crippen molar-refractivity contribution in [1.29, 1.82) is 0 Å². The fourth-order valence-electron chi connectivity index (χ4n) is 3.01. The molecular weight excluding hydrogens is 250 g/mol. The predicted octanol–water partition coefficient (Wildman–Crippen LogP) is 3.61. The van der Waals surface area contributed by atoms with E-state index in [9.17, 15) is 0 Å². The lowest BCUT2D eigenvalue weighted by atomic mass is 9.86. The van der Waals surface area contributed by atoms with Crippen molar-refractivity contribution in [1.82, 2.24) is 9.55 Å². The Morgan fingerprint density at radius 2 is 2.20 bits per heavy atom. The minimum absolute atomic E-state index is 0.580. The van der Waals surface area contributed by atoms with Crippen LogP contribution in [-0.2, 0) is 11.3 Å². The van der Waals surface area contributed by atoms with Crippen molar-refractivity contribution in [2.75, 3.05) is 18.5 Å². The number of anilines is 1. The molecule has 20 heavy (non-hydrogen) atoms. The average molecular weight is 279 g/mol. The molecule has 4 nitrogen and oxygen atoms in total. The molecule has 0 amide bonds. The summed E-state index contributed by atoms with van der Waals surface area (Å²) < 4.78 is 7.66. The van der Waals surface area contributed by atoms with Crippen LogP contribution in [0.25, 0.3) is 0 Å². The molecule has 2 rings (SSSR count). The molecule has 0 aliphatic heterocycles. The van der Waals surface area contributed by atoms with Gasteiger partial charge in [-0.1, -0.05) is 19.8 Å². The highest BCUT2D eigenvalue weighted by molar-refractivity contribution is 5.30. The quantitative estimate of drug-likeness (QED) is 0.775. The van der Waals surface area contributed by atoms with E-state index in [1.807, 2.05) is 6.92 Å². The summed E-state index contributed by atoms with van der Waals surface area (Å²) in [5.74, 6) is 1.79. The van der Waals surface area contributed by atoms with Gasteiger partial charge in [0.25, 0.3) is 0 Å². The highest BCUT2D eigenvalue weighted by atomic mass is 16.5. The Balaban J connectivity index is 1.92. The van der Waals surface area contributed by atoms with Crippen LogP contribution in [0.3, 0.4) is 0 Å². The number of ether oxygens (including phenoxy) is 1. The van der Waals surface area contributed by atoms with E-state index in [1.165, 1.54) is 25.7 Å². The standard InChI is InChI=1S/C16H29N3O/c1-4-20-11-7-10-19-12-14(3)17-16(19)18-15-9-6-5-8-13(15)2/h12-13,15H,4-11H2,1-3H3,(H,17,18). The summed E-state index contributed by atoms with van der Waals surface area (Å²) >= 11 is 0. The zero-order chi connectivity index (χ0) is 14.4. The van der Waals surface area contributed by atoms with E-state index in [-0.39, 0.29) is 0 Å². The second-order valence-corrected chi connectivity index (χ2v) is 5.96. The van der Waals surface area contributed by atoms with E-state index in [4.69, 9.17) is 4.74 Å². The van der Waals surface area contributed by atoms with Gasteiger partial charge in [0, 0.05) is 32.0 Å². The third kappa shape index (κ3) is 4.23. The van der Waals surface area contributed by atoms with E-state index in [0.717, 1.165) is 43.7 Å². The van der Waals surface area contributed by atoms with Gasteiger partial charge >= 0.3 is 0 Å². The monoisotopic (exact) mass is 279 g/mol. The number of nitrogens with zero attached hydrogens (tertiary/aromatic N) is 2. The zero-order valence-corrected chi connectivity index (χ0v) is 13.2. The predicted molar refractivity (Wildman–Crippen MR) is 83.1 cm³/mol. The van der Waals surface area contributed by atoms with Gasteiger partial charge in [-0.3, -0.25) is 0 Å². The largest absolute Gasteiger partial charge is 0.382 e. The molecule has 114 valence electrons. The van der Waals surface area contributed by atoms with E-state index in [0.29, 0.717) is 6.04 Å². The van der Waals surface area contributed by atoms with Crippen LogP contribution in [0.4, 0.5) is 5.95 Å². The smallest absolute Gasteiger partial charge is 0.203 e. The van der Waals surface area contributed by atoms with E-state index in [1.54, 1.807) is 0 Å². The van der Waals surface area contributed by atoms with Gasteiger partial charge in [-0.25, -0.2) is 4.98 Å². The van der Waals surface area contributed by atoms with Gasteiger partial charge in [-0.15, -0.1) is 0 Å². The lowest BCUT2D eigenvalue weighted by Crippen LogP contribution is -2.31. The lowest BCUT2D eigenvalue weighted by molar-refractivity contribution is 0.141. The highest BCUT2D eigenvalue weighted by Gasteiger charge is 2.22. The fraction of sp³-hybridized carbons (Fsp3) is 0.812. The molecule has 0 spiro atoms. The van der Waals surface area contributed by atoms with Gasteiger partial charge in [-0.05, 0) is 39.0 Å². The van der Waals surface area contributed by atoms with Crippen LogP contribution in [-0.4, -0.2) is 28.8 Å². The van der Waals surface area contributed by atoms with Gasteiger partial charge in [0.05, 0.1) is 5.69 Å². The molecule has 1 N–H and O–H groups in total. The Kier molecular flexibility index (Phi) is 5.89. The maximum atomic E-state index is 5.41.